The highest BCUT2D eigenvalue weighted by Crippen LogP contribution is 2.45. The molecule has 1 N–H and O–H groups in total. The van der Waals surface area contributed by atoms with Crippen molar-refractivity contribution in [2.75, 3.05) is 13.7 Å². The van der Waals surface area contributed by atoms with Crippen LogP contribution in [0.4, 0.5) is 0 Å². The molecule has 0 bridgehead atoms. The molecule has 0 amide bonds. The summed E-state index contributed by atoms with van der Waals surface area (Å²) in [5.41, 5.74) is 0. The van der Waals surface area contributed by atoms with Crippen LogP contribution in [0, 0.1) is 17.8 Å². The second-order valence-electron chi connectivity index (χ2n) is 2.75. The highest BCUT2D eigenvalue weighted by molar-refractivity contribution is 5.76. The highest BCUT2D eigenvalue weighted by atomic mass is 16.5. The molecular formula is C7H12O3. The quantitative estimate of drug-likeness (QED) is 0.556. The normalized spacial score (nSPS) is 37.3. The molecule has 0 saturated heterocycles. The smallest absolute Gasteiger partial charge is 0.309 e. The van der Waals surface area contributed by atoms with E-state index in [1.54, 1.807) is 0 Å². The van der Waals surface area contributed by atoms with Crippen molar-refractivity contribution >= 4 is 5.97 Å². The fraction of sp³-hybridized carbons (Fsp3) is 0.857. The van der Waals surface area contributed by atoms with Gasteiger partial charge in [0.15, 0.2) is 0 Å². The van der Waals surface area contributed by atoms with Crippen LogP contribution < -0.4 is 0 Å². The van der Waals surface area contributed by atoms with Crippen molar-refractivity contribution < 1.29 is 14.6 Å². The first-order valence-corrected chi connectivity index (χ1v) is 3.41. The first-order chi connectivity index (χ1) is 4.72. The molecule has 3 unspecified atom stereocenters. The minimum Gasteiger partial charge on any atom is -0.469 e. The maximum Gasteiger partial charge on any atom is 0.309 e. The Labute approximate surface area is 60.0 Å². The van der Waals surface area contributed by atoms with Crippen LogP contribution in [0.15, 0.2) is 0 Å². The third kappa shape index (κ3) is 1.01. The molecule has 10 heavy (non-hydrogen) atoms. The van der Waals surface area contributed by atoms with E-state index in [0.29, 0.717) is 5.92 Å². The number of esters is 1. The number of methoxy groups -OCH3 is 1. The number of ether oxygens (including phenoxy) is 1. The molecule has 0 aromatic rings. The first-order valence-electron chi connectivity index (χ1n) is 3.41. The summed E-state index contributed by atoms with van der Waals surface area (Å²) in [5, 5.41) is 8.68. The van der Waals surface area contributed by atoms with Crippen molar-refractivity contribution in [1.29, 1.82) is 0 Å². The lowest BCUT2D eigenvalue weighted by atomic mass is 10.3. The Kier molecular flexibility index (Phi) is 1.94. The molecule has 58 valence electrons. The summed E-state index contributed by atoms with van der Waals surface area (Å²) in [6.07, 6.45) is 0. The molecule has 1 aliphatic carbocycles. The van der Waals surface area contributed by atoms with E-state index in [4.69, 9.17) is 5.11 Å². The van der Waals surface area contributed by atoms with E-state index >= 15 is 0 Å². The maximum atomic E-state index is 10.8. The van der Waals surface area contributed by atoms with E-state index in [1.165, 1.54) is 7.11 Å². The van der Waals surface area contributed by atoms with Crippen molar-refractivity contribution in [2.45, 2.75) is 6.92 Å². The van der Waals surface area contributed by atoms with Crippen LogP contribution in [0.5, 0.6) is 0 Å². The molecular weight excluding hydrogens is 132 g/mol. The lowest BCUT2D eigenvalue weighted by molar-refractivity contribution is -0.142. The summed E-state index contributed by atoms with van der Waals surface area (Å²) in [6.45, 7) is 2.05. The Morgan fingerprint density at radius 1 is 1.70 bits per heavy atom. The Morgan fingerprint density at radius 2 is 2.30 bits per heavy atom. The Bertz CT molecular complexity index is 144. The number of aliphatic hydroxyl groups excluding tert-OH is 1. The topological polar surface area (TPSA) is 46.5 Å². The molecule has 1 fully saturated rings. The van der Waals surface area contributed by atoms with Crippen LogP contribution in [-0.4, -0.2) is 24.8 Å². The molecule has 1 saturated carbocycles. The van der Waals surface area contributed by atoms with Crippen LogP contribution in [0.2, 0.25) is 0 Å². The van der Waals surface area contributed by atoms with Gasteiger partial charge in [0.25, 0.3) is 0 Å². The van der Waals surface area contributed by atoms with Gasteiger partial charge in [-0.2, -0.15) is 0 Å². The van der Waals surface area contributed by atoms with E-state index in [2.05, 4.69) is 4.74 Å². The van der Waals surface area contributed by atoms with Crippen molar-refractivity contribution in [1.82, 2.24) is 0 Å². The molecule has 0 aromatic heterocycles. The Morgan fingerprint density at radius 3 is 2.60 bits per heavy atom. The molecule has 1 rings (SSSR count). The molecule has 3 nitrogen and oxygen atoms in total. The number of carbonyl (C=O) groups is 1. The summed E-state index contributed by atoms with van der Waals surface area (Å²) < 4.78 is 4.53. The van der Waals surface area contributed by atoms with E-state index in [0.717, 1.165) is 0 Å². The molecule has 1 aliphatic rings. The Hall–Kier alpha value is -0.570. The van der Waals surface area contributed by atoms with Gasteiger partial charge in [0.1, 0.15) is 0 Å². The number of carbonyl (C=O) groups excluding carboxylic acids is 1. The molecule has 0 heterocycles. The van der Waals surface area contributed by atoms with Gasteiger partial charge in [0.05, 0.1) is 13.0 Å². The standard InChI is InChI=1S/C7H12O3/c1-4-5(3-8)6(4)7(9)10-2/h4-6,8H,3H2,1-2H3. The third-order valence-electron chi connectivity index (χ3n) is 2.25. The van der Waals surface area contributed by atoms with Crippen molar-refractivity contribution in [3.8, 4) is 0 Å². The lowest BCUT2D eigenvalue weighted by Crippen LogP contribution is -2.05. The fourth-order valence-corrected chi connectivity index (χ4v) is 1.35. The number of rotatable bonds is 2. The summed E-state index contributed by atoms with van der Waals surface area (Å²) >= 11 is 0. The van der Waals surface area contributed by atoms with E-state index in [9.17, 15) is 4.79 Å². The molecule has 3 atom stereocenters. The van der Waals surface area contributed by atoms with E-state index in [1.807, 2.05) is 6.92 Å². The zero-order chi connectivity index (χ0) is 7.72. The van der Waals surface area contributed by atoms with Crippen LogP contribution in [-0.2, 0) is 9.53 Å². The highest BCUT2D eigenvalue weighted by Gasteiger charge is 2.51. The van der Waals surface area contributed by atoms with Gasteiger partial charge in [-0.15, -0.1) is 0 Å². The summed E-state index contributed by atoms with van der Waals surface area (Å²) in [6, 6.07) is 0. The average molecular weight is 144 g/mol. The van der Waals surface area contributed by atoms with Crippen LogP contribution in [0.3, 0.4) is 0 Å². The zero-order valence-electron chi connectivity index (χ0n) is 6.20. The van der Waals surface area contributed by atoms with Gasteiger partial charge in [0, 0.05) is 6.61 Å². The minimum absolute atomic E-state index is 0.0463. The van der Waals surface area contributed by atoms with Gasteiger partial charge in [-0.25, -0.2) is 0 Å². The number of hydrogen-bond donors (Lipinski definition) is 1. The van der Waals surface area contributed by atoms with Crippen molar-refractivity contribution in [2.24, 2.45) is 17.8 Å². The van der Waals surface area contributed by atoms with Gasteiger partial charge in [-0.05, 0) is 11.8 Å². The second-order valence-corrected chi connectivity index (χ2v) is 2.75. The van der Waals surface area contributed by atoms with Gasteiger partial charge in [0.2, 0.25) is 0 Å². The van der Waals surface area contributed by atoms with Crippen LogP contribution in [0.1, 0.15) is 6.92 Å². The monoisotopic (exact) mass is 144 g/mol. The summed E-state index contributed by atoms with van der Waals surface area (Å²) in [4.78, 5) is 10.8. The van der Waals surface area contributed by atoms with Gasteiger partial charge in [-0.1, -0.05) is 6.92 Å². The van der Waals surface area contributed by atoms with Gasteiger partial charge < -0.3 is 9.84 Å². The van der Waals surface area contributed by atoms with Gasteiger partial charge in [-0.3, -0.25) is 4.79 Å². The largest absolute Gasteiger partial charge is 0.469 e. The third-order valence-corrected chi connectivity index (χ3v) is 2.25. The average Bonchev–Trinajstić information content (AvgIpc) is 2.59. The first kappa shape index (κ1) is 7.54. The van der Waals surface area contributed by atoms with Crippen LogP contribution >= 0.6 is 0 Å². The predicted octanol–water partition coefficient (Wildman–Crippen LogP) is 0.0338. The zero-order valence-corrected chi connectivity index (χ0v) is 6.20. The maximum absolute atomic E-state index is 10.8. The minimum atomic E-state index is -0.188. The molecule has 0 spiro atoms. The van der Waals surface area contributed by atoms with E-state index in [-0.39, 0.29) is 24.4 Å². The predicted molar refractivity (Wildman–Crippen MR) is 35.2 cm³/mol. The van der Waals surface area contributed by atoms with E-state index < -0.39 is 0 Å². The molecule has 3 heteroatoms. The van der Waals surface area contributed by atoms with Crippen molar-refractivity contribution in [3.63, 3.8) is 0 Å². The lowest BCUT2D eigenvalue weighted by Gasteiger charge is -1.93. The van der Waals surface area contributed by atoms with Crippen molar-refractivity contribution in [3.05, 3.63) is 0 Å². The SMILES string of the molecule is COC(=O)C1C(C)C1CO. The second kappa shape index (κ2) is 2.58. The number of aliphatic hydroxyl groups is 1. The van der Waals surface area contributed by atoms with Crippen LogP contribution in [0.25, 0.3) is 0 Å². The summed E-state index contributed by atoms with van der Waals surface area (Å²) in [7, 11) is 1.38. The molecule has 0 radical (unpaired) electrons. The summed E-state index contributed by atoms with van der Waals surface area (Å²) in [5.74, 6) is 0.214. The Balaban J connectivity index is 2.40. The van der Waals surface area contributed by atoms with Gasteiger partial charge >= 0.3 is 5.97 Å². The molecule has 0 aliphatic heterocycles. The number of hydrogen-bond acceptors (Lipinski definition) is 3. The fourth-order valence-electron chi connectivity index (χ4n) is 1.35. The molecule has 0 aromatic carbocycles.